The highest BCUT2D eigenvalue weighted by Gasteiger charge is 2.21. The summed E-state index contributed by atoms with van der Waals surface area (Å²) in [5.74, 6) is -0.804. The molecular formula is C18H15BrN4O6. The van der Waals surface area contributed by atoms with Crippen LogP contribution in [0.25, 0.3) is 10.8 Å². The zero-order valence-electron chi connectivity index (χ0n) is 15.4. The Morgan fingerprint density at radius 3 is 2.41 bits per heavy atom. The van der Waals surface area contributed by atoms with Gasteiger partial charge in [0.05, 0.1) is 4.92 Å². The highest BCUT2D eigenvalue weighted by molar-refractivity contribution is 5.91. The van der Waals surface area contributed by atoms with Gasteiger partial charge in [-0.05, 0) is 6.07 Å². The molecule has 10 nitrogen and oxygen atoms in total. The summed E-state index contributed by atoms with van der Waals surface area (Å²) in [6, 6.07) is 7.28. The maximum Gasteiger partial charge on any atom is 0.399 e. The number of fused-ring (bicyclic) bond motifs is 1. The molecule has 3 rings (SSSR count). The van der Waals surface area contributed by atoms with Crippen molar-refractivity contribution in [2.45, 2.75) is 6.54 Å². The van der Waals surface area contributed by atoms with Crippen LogP contribution in [0.4, 0.5) is 11.4 Å². The fourth-order valence-corrected chi connectivity index (χ4v) is 2.68. The van der Waals surface area contributed by atoms with Crippen LogP contribution in [0.3, 0.4) is 0 Å². The number of nitro groups is 1. The topological polar surface area (TPSA) is 123 Å². The van der Waals surface area contributed by atoms with E-state index < -0.39 is 32.8 Å². The van der Waals surface area contributed by atoms with Crippen LogP contribution in [0.15, 0.2) is 57.5 Å². The van der Waals surface area contributed by atoms with E-state index in [1.807, 2.05) is 19.0 Å². The molecule has 0 amide bonds. The summed E-state index contributed by atoms with van der Waals surface area (Å²) in [4.78, 5) is 53.5. The predicted molar refractivity (Wildman–Crippen MR) is 98.1 cm³/mol. The third-order valence-electron chi connectivity index (χ3n) is 4.08. The first-order valence-electron chi connectivity index (χ1n) is 8.10. The Morgan fingerprint density at radius 1 is 1.17 bits per heavy atom. The lowest BCUT2D eigenvalue weighted by Gasteiger charge is -2.10. The maximum atomic E-state index is 12.3. The number of hydrogen-bond acceptors (Lipinski definition) is 8. The first kappa shape index (κ1) is 21.8. The van der Waals surface area contributed by atoms with E-state index >= 15 is 0 Å². The quantitative estimate of drug-likeness (QED) is 0.169. The molecular weight excluding hydrogens is 448 g/mol. The van der Waals surface area contributed by atoms with Crippen LogP contribution in [0.5, 0.6) is 0 Å². The molecule has 0 bridgehead atoms. The number of pyridine rings is 1. The van der Waals surface area contributed by atoms with Crippen LogP contribution in [-0.4, -0.2) is 25.0 Å². The summed E-state index contributed by atoms with van der Waals surface area (Å²) in [7, 11) is 3.75. The summed E-state index contributed by atoms with van der Waals surface area (Å²) in [6.07, 6.45) is 3.32. The molecule has 0 aliphatic rings. The van der Waals surface area contributed by atoms with Gasteiger partial charge in [-0.1, -0.05) is 11.2 Å². The van der Waals surface area contributed by atoms with Gasteiger partial charge in [-0.25, -0.2) is 4.79 Å². The molecule has 0 fully saturated rings. The number of rotatable bonds is 5. The van der Waals surface area contributed by atoms with Gasteiger partial charge in [-0.2, -0.15) is 4.57 Å². The molecule has 1 heterocycles. The Balaban J connectivity index is 0.00000300. The molecule has 0 aliphatic heterocycles. The van der Waals surface area contributed by atoms with Gasteiger partial charge in [0.25, 0.3) is 5.69 Å². The van der Waals surface area contributed by atoms with Crippen LogP contribution in [0.2, 0.25) is 0 Å². The minimum atomic E-state index is -0.942. The summed E-state index contributed by atoms with van der Waals surface area (Å²) in [5.41, 5.74) is -1.32. The number of halogens is 1. The van der Waals surface area contributed by atoms with Crippen molar-refractivity contribution < 1.29 is 36.1 Å². The van der Waals surface area contributed by atoms with Gasteiger partial charge >= 0.3 is 5.97 Å². The zero-order valence-corrected chi connectivity index (χ0v) is 17.0. The van der Waals surface area contributed by atoms with E-state index in [0.29, 0.717) is 0 Å². The van der Waals surface area contributed by atoms with Crippen LogP contribution in [0, 0.1) is 10.1 Å². The molecule has 0 aliphatic carbocycles. The summed E-state index contributed by atoms with van der Waals surface area (Å²) < 4.78 is 1.54. The van der Waals surface area contributed by atoms with Gasteiger partial charge in [-0.3, -0.25) is 19.7 Å². The van der Waals surface area contributed by atoms with Gasteiger partial charge < -0.3 is 26.7 Å². The highest BCUT2D eigenvalue weighted by atomic mass is 79.9. The van der Waals surface area contributed by atoms with Gasteiger partial charge in [0.1, 0.15) is 5.39 Å². The molecule has 3 aromatic rings. The average Bonchev–Trinajstić information content (AvgIpc) is 2.91. The smallest absolute Gasteiger partial charge is 0.399 e. The molecule has 0 atom stereocenters. The fourth-order valence-electron chi connectivity index (χ4n) is 2.68. The van der Waals surface area contributed by atoms with Crippen LogP contribution in [0.1, 0.15) is 0 Å². The number of aromatic nitrogens is 1. The van der Waals surface area contributed by atoms with Crippen molar-refractivity contribution in [3.8, 4) is 0 Å². The van der Waals surface area contributed by atoms with E-state index in [1.165, 1.54) is 16.7 Å². The standard InChI is InChI=1S/C18H15N4O6.BrH/c1-20(2)11-6-8-21(9-7-11)10-14(23)28-19-16-17(24)12-4-3-5-13(22(26)27)15(12)18(16)25;/h3-9H,10H2,1-2H3;1H/q+1;/p-1. The minimum absolute atomic E-state index is 0. The zero-order chi connectivity index (χ0) is 20.4. The van der Waals surface area contributed by atoms with E-state index in [0.717, 1.165) is 11.8 Å². The molecule has 0 spiro atoms. The van der Waals surface area contributed by atoms with Crippen LogP contribution in [-0.2, 0) is 16.2 Å². The molecule has 0 saturated heterocycles. The maximum absolute atomic E-state index is 12.3. The monoisotopic (exact) mass is 462 g/mol. The number of anilines is 1. The second-order valence-electron chi connectivity index (χ2n) is 6.14. The van der Waals surface area contributed by atoms with Crippen LogP contribution < -0.4 is 42.7 Å². The first-order valence-corrected chi connectivity index (χ1v) is 8.10. The molecule has 0 N–H and O–H groups in total. The normalized spacial score (nSPS) is 11.2. The Labute approximate surface area is 173 Å². The minimum Gasteiger partial charge on any atom is -1.00 e. The van der Waals surface area contributed by atoms with Crippen molar-refractivity contribution in [2.24, 2.45) is 5.16 Å². The third kappa shape index (κ3) is 4.35. The average molecular weight is 463 g/mol. The van der Waals surface area contributed by atoms with Crippen molar-refractivity contribution in [1.82, 2.24) is 0 Å². The number of benzene rings is 1. The summed E-state index contributed by atoms with van der Waals surface area (Å²) in [5, 5.41) is 13.3. The molecule has 0 radical (unpaired) electrons. The molecule has 2 aromatic carbocycles. The summed E-state index contributed by atoms with van der Waals surface area (Å²) >= 11 is 0. The molecule has 150 valence electrons. The van der Waals surface area contributed by atoms with Gasteiger partial charge in [0.2, 0.25) is 17.4 Å². The van der Waals surface area contributed by atoms with Crippen molar-refractivity contribution in [3.63, 3.8) is 0 Å². The molecule has 29 heavy (non-hydrogen) atoms. The van der Waals surface area contributed by atoms with Crippen molar-refractivity contribution in [1.29, 1.82) is 0 Å². The lowest BCUT2D eigenvalue weighted by molar-refractivity contribution is -0.685. The van der Waals surface area contributed by atoms with E-state index in [9.17, 15) is 24.5 Å². The number of carbonyl (C=O) groups is 1. The van der Waals surface area contributed by atoms with Crippen molar-refractivity contribution >= 4 is 28.1 Å². The Kier molecular flexibility index (Phi) is 6.54. The predicted octanol–water partition coefficient (Wildman–Crippen LogP) is -3.24. The number of nitrogens with zero attached hydrogens (tertiary/aromatic N) is 4. The molecule has 0 saturated carbocycles. The van der Waals surface area contributed by atoms with Crippen molar-refractivity contribution in [3.05, 3.63) is 78.6 Å². The van der Waals surface area contributed by atoms with E-state index in [1.54, 1.807) is 24.5 Å². The number of hydrogen-bond donors (Lipinski definition) is 0. The SMILES string of the molecule is CN(C)c1cc[n+](CC(=O)ON=c2c(=O)c3cccc([N+](=O)[O-])c3c2=O)cc1.[Br-]. The second-order valence-corrected chi connectivity index (χ2v) is 6.14. The first-order chi connectivity index (χ1) is 13.3. The molecule has 11 heteroatoms. The number of non-ortho nitro benzene ring substituents is 1. The Hall–Kier alpha value is -3.47. The number of nitro benzene ring substituents is 1. The van der Waals surface area contributed by atoms with Gasteiger partial charge in [0, 0.05) is 43.4 Å². The third-order valence-corrected chi connectivity index (χ3v) is 4.08. The lowest BCUT2D eigenvalue weighted by atomic mass is 10.2. The van der Waals surface area contributed by atoms with Gasteiger partial charge in [-0.15, -0.1) is 0 Å². The van der Waals surface area contributed by atoms with Crippen LogP contribution >= 0.6 is 0 Å². The summed E-state index contributed by atoms with van der Waals surface area (Å²) in [6.45, 7) is -0.194. The largest absolute Gasteiger partial charge is 1.00 e. The molecule has 1 aromatic heterocycles. The Bertz CT molecular complexity index is 1230. The van der Waals surface area contributed by atoms with E-state index in [2.05, 4.69) is 9.99 Å². The lowest BCUT2D eigenvalue weighted by Crippen LogP contribution is -3.00. The van der Waals surface area contributed by atoms with E-state index in [4.69, 9.17) is 0 Å². The van der Waals surface area contributed by atoms with Gasteiger partial charge in [0.15, 0.2) is 17.8 Å². The van der Waals surface area contributed by atoms with E-state index in [-0.39, 0.29) is 34.3 Å². The highest BCUT2D eigenvalue weighted by Crippen LogP contribution is 2.19. The number of carbonyl (C=O) groups excluding carboxylic acids is 1. The van der Waals surface area contributed by atoms with Crippen molar-refractivity contribution in [2.75, 3.05) is 19.0 Å². The molecule has 0 unspecified atom stereocenters. The second kappa shape index (κ2) is 8.69. The fraction of sp³-hybridized carbons (Fsp3) is 0.167. The Morgan fingerprint density at radius 2 is 1.83 bits per heavy atom.